The van der Waals surface area contributed by atoms with Gasteiger partial charge in [-0.25, -0.2) is 9.37 Å². The highest BCUT2D eigenvalue weighted by atomic mass is 35.5. The summed E-state index contributed by atoms with van der Waals surface area (Å²) in [6.45, 7) is 0. The molecule has 0 saturated carbocycles. The van der Waals surface area contributed by atoms with Crippen LogP contribution in [0.15, 0.2) is 42.5 Å². The third kappa shape index (κ3) is 1.85. The van der Waals surface area contributed by atoms with Crippen molar-refractivity contribution in [3.63, 3.8) is 0 Å². The van der Waals surface area contributed by atoms with Gasteiger partial charge in [-0.3, -0.25) is 4.40 Å². The van der Waals surface area contributed by atoms with Crippen LogP contribution in [0.3, 0.4) is 0 Å². The zero-order valence-electron chi connectivity index (χ0n) is 9.64. The van der Waals surface area contributed by atoms with Gasteiger partial charge in [0.25, 0.3) is 0 Å². The van der Waals surface area contributed by atoms with Crippen LogP contribution < -0.4 is 0 Å². The van der Waals surface area contributed by atoms with Gasteiger partial charge in [-0.15, -0.1) is 0 Å². The van der Waals surface area contributed by atoms with E-state index >= 15 is 0 Å². The number of benzene rings is 1. The molecule has 3 aromatic rings. The van der Waals surface area contributed by atoms with Gasteiger partial charge in [0.15, 0.2) is 5.69 Å². The lowest BCUT2D eigenvalue weighted by Crippen LogP contribution is -1.90. The summed E-state index contributed by atoms with van der Waals surface area (Å²) >= 11 is 6.08. The number of nitriles is 1. The summed E-state index contributed by atoms with van der Waals surface area (Å²) in [5.41, 5.74) is 2.10. The smallest absolute Gasteiger partial charge is 0.153 e. The zero-order chi connectivity index (χ0) is 13.4. The fourth-order valence-corrected chi connectivity index (χ4v) is 2.21. The fraction of sp³-hybridized carbons (Fsp3) is 0. The predicted molar refractivity (Wildman–Crippen MR) is 70.3 cm³/mol. The van der Waals surface area contributed by atoms with E-state index in [1.165, 1.54) is 12.1 Å². The molecule has 3 rings (SSSR count). The third-order valence-corrected chi connectivity index (χ3v) is 3.11. The Morgan fingerprint density at radius 1 is 1.16 bits per heavy atom. The van der Waals surface area contributed by atoms with Gasteiger partial charge in [0.05, 0.1) is 0 Å². The molecular formula is C14H7ClFN3. The standard InChI is InChI=1S/C14H7ClFN3/c15-12-2-1-3-13-18-14(11(8-17)19(12)13)9-4-6-10(16)7-5-9/h1-7H. The van der Waals surface area contributed by atoms with Crippen LogP contribution >= 0.6 is 11.6 Å². The molecule has 0 aliphatic heterocycles. The Morgan fingerprint density at radius 3 is 2.58 bits per heavy atom. The highest BCUT2D eigenvalue weighted by molar-refractivity contribution is 6.29. The molecule has 92 valence electrons. The second-order valence-electron chi connectivity index (χ2n) is 3.97. The fourth-order valence-electron chi connectivity index (χ4n) is 1.97. The maximum absolute atomic E-state index is 12.9. The maximum Gasteiger partial charge on any atom is 0.153 e. The molecule has 2 heterocycles. The SMILES string of the molecule is N#Cc1c(-c2ccc(F)cc2)nc2cccc(Cl)n12. The first-order chi connectivity index (χ1) is 9.20. The normalized spacial score (nSPS) is 10.6. The van der Waals surface area contributed by atoms with E-state index in [0.717, 1.165) is 0 Å². The van der Waals surface area contributed by atoms with E-state index in [9.17, 15) is 9.65 Å². The van der Waals surface area contributed by atoms with Gasteiger partial charge in [0.2, 0.25) is 0 Å². The number of rotatable bonds is 1. The van der Waals surface area contributed by atoms with Crippen LogP contribution in [-0.4, -0.2) is 9.38 Å². The monoisotopic (exact) mass is 271 g/mol. The zero-order valence-corrected chi connectivity index (χ0v) is 10.4. The number of aromatic nitrogens is 2. The number of pyridine rings is 1. The van der Waals surface area contributed by atoms with Crippen molar-refractivity contribution in [2.24, 2.45) is 0 Å². The number of imidazole rings is 1. The van der Waals surface area contributed by atoms with Crippen LogP contribution in [0.1, 0.15) is 5.69 Å². The number of hydrogen-bond donors (Lipinski definition) is 0. The Hall–Kier alpha value is -2.38. The number of halogens is 2. The average molecular weight is 272 g/mol. The number of fused-ring (bicyclic) bond motifs is 1. The Morgan fingerprint density at radius 2 is 1.89 bits per heavy atom. The topological polar surface area (TPSA) is 41.1 Å². The molecule has 0 fully saturated rings. The maximum atomic E-state index is 12.9. The molecule has 0 aliphatic carbocycles. The Labute approximate surface area is 113 Å². The van der Waals surface area contributed by atoms with Crippen molar-refractivity contribution < 1.29 is 4.39 Å². The molecular weight excluding hydrogens is 265 g/mol. The van der Waals surface area contributed by atoms with Gasteiger partial charge in [-0.2, -0.15) is 5.26 Å². The van der Waals surface area contributed by atoms with Crippen LogP contribution in [0.5, 0.6) is 0 Å². The summed E-state index contributed by atoms with van der Waals surface area (Å²) in [7, 11) is 0. The van der Waals surface area contributed by atoms with Crippen molar-refractivity contribution in [1.29, 1.82) is 5.26 Å². The van der Waals surface area contributed by atoms with Crippen molar-refractivity contribution in [1.82, 2.24) is 9.38 Å². The number of nitrogens with zero attached hydrogens (tertiary/aromatic N) is 3. The molecule has 0 spiro atoms. The molecule has 0 aliphatic rings. The summed E-state index contributed by atoms with van der Waals surface area (Å²) in [5.74, 6) is -0.330. The van der Waals surface area contributed by atoms with Gasteiger partial charge < -0.3 is 0 Å². The van der Waals surface area contributed by atoms with Crippen molar-refractivity contribution in [3.05, 3.63) is 59.1 Å². The molecule has 0 saturated heterocycles. The first-order valence-corrected chi connectivity index (χ1v) is 5.91. The number of hydrogen-bond acceptors (Lipinski definition) is 2. The van der Waals surface area contributed by atoms with E-state index in [0.29, 0.717) is 27.8 Å². The molecule has 0 atom stereocenters. The molecule has 19 heavy (non-hydrogen) atoms. The minimum absolute atomic E-state index is 0.330. The summed E-state index contributed by atoms with van der Waals surface area (Å²) in [6, 6.07) is 13.2. The summed E-state index contributed by atoms with van der Waals surface area (Å²) < 4.78 is 14.5. The Kier molecular flexibility index (Phi) is 2.69. The van der Waals surface area contributed by atoms with Crippen LogP contribution in [0, 0.1) is 17.1 Å². The molecule has 0 N–H and O–H groups in total. The van der Waals surface area contributed by atoms with Gasteiger partial charge in [-0.1, -0.05) is 17.7 Å². The molecule has 1 aromatic carbocycles. The average Bonchev–Trinajstić information content (AvgIpc) is 2.79. The molecule has 0 bridgehead atoms. The van der Waals surface area contributed by atoms with Gasteiger partial charge >= 0.3 is 0 Å². The van der Waals surface area contributed by atoms with E-state index in [1.54, 1.807) is 34.7 Å². The highest BCUT2D eigenvalue weighted by Crippen LogP contribution is 2.26. The lowest BCUT2D eigenvalue weighted by molar-refractivity contribution is 0.628. The van der Waals surface area contributed by atoms with E-state index in [4.69, 9.17) is 11.6 Å². The van der Waals surface area contributed by atoms with Crippen molar-refractivity contribution >= 4 is 17.2 Å². The lowest BCUT2D eigenvalue weighted by Gasteiger charge is -1.99. The third-order valence-electron chi connectivity index (χ3n) is 2.82. The molecule has 3 nitrogen and oxygen atoms in total. The summed E-state index contributed by atoms with van der Waals surface area (Å²) in [4.78, 5) is 4.38. The van der Waals surface area contributed by atoms with E-state index in [2.05, 4.69) is 11.1 Å². The van der Waals surface area contributed by atoms with Gasteiger partial charge in [-0.05, 0) is 36.4 Å². The summed E-state index contributed by atoms with van der Waals surface area (Å²) in [6.07, 6.45) is 0. The minimum Gasteiger partial charge on any atom is -0.273 e. The first-order valence-electron chi connectivity index (χ1n) is 5.53. The van der Waals surface area contributed by atoms with Gasteiger partial charge in [0.1, 0.15) is 28.4 Å². The predicted octanol–water partition coefficient (Wildman–Crippen LogP) is 3.67. The van der Waals surface area contributed by atoms with E-state index in [1.807, 2.05) is 0 Å². The Bertz CT molecular complexity index is 800. The van der Waals surface area contributed by atoms with Gasteiger partial charge in [0, 0.05) is 5.56 Å². The van der Waals surface area contributed by atoms with Crippen LogP contribution in [0.2, 0.25) is 5.15 Å². The molecule has 5 heteroatoms. The lowest BCUT2D eigenvalue weighted by atomic mass is 10.1. The van der Waals surface area contributed by atoms with E-state index in [-0.39, 0.29) is 5.82 Å². The molecule has 0 amide bonds. The minimum atomic E-state index is -0.330. The van der Waals surface area contributed by atoms with Crippen molar-refractivity contribution in [3.8, 4) is 17.3 Å². The highest BCUT2D eigenvalue weighted by Gasteiger charge is 2.15. The van der Waals surface area contributed by atoms with Crippen LogP contribution in [0.25, 0.3) is 16.9 Å². The van der Waals surface area contributed by atoms with Crippen LogP contribution in [0.4, 0.5) is 4.39 Å². The quantitative estimate of drug-likeness (QED) is 0.634. The molecule has 0 unspecified atom stereocenters. The molecule has 2 aromatic heterocycles. The largest absolute Gasteiger partial charge is 0.273 e. The van der Waals surface area contributed by atoms with Crippen molar-refractivity contribution in [2.45, 2.75) is 0 Å². The first kappa shape index (κ1) is 11.7. The second-order valence-corrected chi connectivity index (χ2v) is 4.36. The molecule has 0 radical (unpaired) electrons. The Balaban J connectivity index is 2.33. The second kappa shape index (κ2) is 4.38. The summed E-state index contributed by atoms with van der Waals surface area (Å²) in [5, 5.41) is 9.71. The van der Waals surface area contributed by atoms with E-state index < -0.39 is 0 Å². The van der Waals surface area contributed by atoms with Crippen LogP contribution in [-0.2, 0) is 0 Å². The van der Waals surface area contributed by atoms with Crippen molar-refractivity contribution in [2.75, 3.05) is 0 Å².